The van der Waals surface area contributed by atoms with E-state index in [2.05, 4.69) is 24.5 Å². The van der Waals surface area contributed by atoms with E-state index < -0.39 is 24.5 Å². The van der Waals surface area contributed by atoms with Gasteiger partial charge in [0.1, 0.15) is 12.1 Å². The summed E-state index contributed by atoms with van der Waals surface area (Å²) in [5.74, 6) is -2.27. The van der Waals surface area contributed by atoms with Crippen LogP contribution in [-0.2, 0) is 23.9 Å². The van der Waals surface area contributed by atoms with Crippen molar-refractivity contribution in [2.45, 2.75) is 231 Å². The lowest BCUT2D eigenvalue weighted by atomic mass is 10.0. The summed E-state index contributed by atoms with van der Waals surface area (Å²) < 4.78 is 6.01. The second-order valence-corrected chi connectivity index (χ2v) is 14.8. The molecule has 0 aliphatic heterocycles. The zero-order valence-corrected chi connectivity index (χ0v) is 33.1. The van der Waals surface area contributed by atoms with Gasteiger partial charge in [0.25, 0.3) is 0 Å². The maximum atomic E-state index is 12.7. The minimum atomic E-state index is -1.38. The van der Waals surface area contributed by atoms with Crippen LogP contribution in [0.4, 0.5) is 0 Å². The highest BCUT2D eigenvalue weighted by Crippen LogP contribution is 2.19. The third-order valence-electron chi connectivity index (χ3n) is 9.85. The Morgan fingerprint density at radius 1 is 0.510 bits per heavy atom. The average Bonchev–Trinajstić information content (AvgIpc) is 3.11. The molecule has 0 bridgehead atoms. The molecule has 0 saturated heterocycles. The van der Waals surface area contributed by atoms with E-state index in [1.165, 1.54) is 128 Å². The third kappa shape index (κ3) is 34.7. The molecule has 0 aromatic rings. The van der Waals surface area contributed by atoms with Gasteiger partial charge in [-0.15, -0.1) is 0 Å². The molecule has 0 heterocycles. The number of carbonyl (C=O) groups excluding carboxylic acids is 3. The highest BCUT2D eigenvalue weighted by atomic mass is 16.5. The van der Waals surface area contributed by atoms with Gasteiger partial charge in [0.2, 0.25) is 11.8 Å². The van der Waals surface area contributed by atoms with Gasteiger partial charge in [0.05, 0.1) is 13.2 Å². The van der Waals surface area contributed by atoms with Crippen LogP contribution in [0.1, 0.15) is 219 Å². The van der Waals surface area contributed by atoms with Gasteiger partial charge in [-0.25, -0.2) is 4.79 Å². The molecule has 0 aliphatic carbocycles. The Morgan fingerprint density at radius 2 is 0.882 bits per heavy atom. The summed E-state index contributed by atoms with van der Waals surface area (Å²) in [6.45, 7) is 3.49. The molecule has 9 heteroatoms. The fourth-order valence-electron chi connectivity index (χ4n) is 6.54. The molecule has 300 valence electrons. The lowest BCUT2D eigenvalue weighted by Gasteiger charge is -2.18. The number of aliphatic hydroxyl groups excluding tert-OH is 1. The zero-order chi connectivity index (χ0) is 37.6. The van der Waals surface area contributed by atoms with Crippen LogP contribution in [0.3, 0.4) is 0 Å². The average molecular weight is 725 g/mol. The van der Waals surface area contributed by atoms with Gasteiger partial charge in [0.15, 0.2) is 0 Å². The van der Waals surface area contributed by atoms with Crippen molar-refractivity contribution in [1.29, 1.82) is 0 Å². The lowest BCUT2D eigenvalue weighted by Crippen LogP contribution is -2.47. The van der Waals surface area contributed by atoms with Crippen molar-refractivity contribution < 1.29 is 34.1 Å². The van der Waals surface area contributed by atoms with Crippen molar-refractivity contribution in [2.75, 3.05) is 13.2 Å². The Hall–Kier alpha value is -2.16. The molecule has 51 heavy (non-hydrogen) atoms. The zero-order valence-electron chi connectivity index (χ0n) is 33.1. The van der Waals surface area contributed by atoms with E-state index in [1.54, 1.807) is 0 Å². The Kier molecular flexibility index (Phi) is 36.0. The molecule has 2 unspecified atom stereocenters. The van der Waals surface area contributed by atoms with Crippen LogP contribution in [0.5, 0.6) is 0 Å². The molecule has 2 amide bonds. The summed E-state index contributed by atoms with van der Waals surface area (Å²) in [4.78, 5) is 47.5. The topological polar surface area (TPSA) is 142 Å². The highest BCUT2D eigenvalue weighted by Gasteiger charge is 2.19. The summed E-state index contributed by atoms with van der Waals surface area (Å²) in [7, 11) is 0. The third-order valence-corrected chi connectivity index (χ3v) is 9.85. The van der Waals surface area contributed by atoms with Gasteiger partial charge in [-0.3, -0.25) is 14.4 Å². The molecule has 0 rings (SSSR count). The van der Waals surface area contributed by atoms with Crippen LogP contribution in [0.15, 0.2) is 0 Å². The van der Waals surface area contributed by atoms with Gasteiger partial charge < -0.3 is 25.6 Å². The number of aliphatic hydroxyl groups is 1. The summed E-state index contributed by atoms with van der Waals surface area (Å²) in [6, 6.07) is -1.38. The molecule has 4 N–H and O–H groups in total. The van der Waals surface area contributed by atoms with E-state index >= 15 is 0 Å². The van der Waals surface area contributed by atoms with Crippen molar-refractivity contribution in [3.05, 3.63) is 0 Å². The number of aliphatic carboxylic acids is 1. The van der Waals surface area contributed by atoms with E-state index in [9.17, 15) is 19.2 Å². The van der Waals surface area contributed by atoms with Gasteiger partial charge in [-0.1, -0.05) is 168 Å². The lowest BCUT2D eigenvalue weighted by molar-refractivity contribution is -0.150. The highest BCUT2D eigenvalue weighted by molar-refractivity contribution is 5.87. The quantitative estimate of drug-likeness (QED) is 0.0365. The number of carboxylic acid groups (broad SMARTS) is 1. The number of hydrogen-bond acceptors (Lipinski definition) is 6. The van der Waals surface area contributed by atoms with Crippen LogP contribution in [0.2, 0.25) is 0 Å². The molecule has 9 nitrogen and oxygen atoms in total. The Morgan fingerprint density at radius 3 is 1.27 bits per heavy atom. The van der Waals surface area contributed by atoms with E-state index in [1.807, 2.05) is 0 Å². The van der Waals surface area contributed by atoms with Crippen LogP contribution in [0.25, 0.3) is 0 Å². The number of amides is 2. The largest absolute Gasteiger partial charge is 0.480 e. The molecular weight excluding hydrogens is 644 g/mol. The van der Waals surface area contributed by atoms with E-state index in [-0.39, 0.29) is 24.5 Å². The van der Waals surface area contributed by atoms with E-state index in [0.29, 0.717) is 19.3 Å². The summed E-state index contributed by atoms with van der Waals surface area (Å²) in [5.41, 5.74) is 0. The van der Waals surface area contributed by atoms with Crippen molar-refractivity contribution in [3.63, 3.8) is 0 Å². The maximum Gasteiger partial charge on any atom is 0.328 e. The molecular formula is C42H80N2O7. The molecule has 2 atom stereocenters. The number of carboxylic acids is 1. The van der Waals surface area contributed by atoms with Gasteiger partial charge in [0, 0.05) is 12.8 Å². The molecule has 0 aromatic heterocycles. The maximum absolute atomic E-state index is 12.7. The first kappa shape index (κ1) is 48.8. The monoisotopic (exact) mass is 725 g/mol. The van der Waals surface area contributed by atoms with Crippen LogP contribution >= 0.6 is 0 Å². The minimum absolute atomic E-state index is 0.00261. The fourth-order valence-corrected chi connectivity index (χ4v) is 6.54. The summed E-state index contributed by atoms with van der Waals surface area (Å²) >= 11 is 0. The van der Waals surface area contributed by atoms with Crippen LogP contribution < -0.4 is 10.6 Å². The Bertz CT molecular complexity index is 838. The number of rotatable bonds is 39. The molecule has 0 saturated carbocycles. The predicted molar refractivity (Wildman–Crippen MR) is 209 cm³/mol. The number of hydrogen-bond donors (Lipinski definition) is 4. The summed E-state index contributed by atoms with van der Waals surface area (Å²) in [5, 5.41) is 22.5. The summed E-state index contributed by atoms with van der Waals surface area (Å²) in [6.07, 6.45) is 37.0. The molecule has 0 radical (unpaired) electrons. The predicted octanol–water partition coefficient (Wildman–Crippen LogP) is 10.1. The Labute approximate surface area is 312 Å². The molecule has 0 fully saturated rings. The van der Waals surface area contributed by atoms with Crippen molar-refractivity contribution >= 4 is 23.8 Å². The van der Waals surface area contributed by atoms with Gasteiger partial charge >= 0.3 is 11.9 Å². The second-order valence-electron chi connectivity index (χ2n) is 14.8. The standard InChI is InChI=1S/C42H80N2O7/c1-3-5-7-9-11-13-14-15-16-17-19-21-26-30-34-41(48)51-37(31-27-23-20-18-12-10-8-6-4-2)32-28-24-22-25-29-33-39(46)43-35-40(47)44-38(36-45)42(49)50/h37-38,45H,3-36H2,1-2H3,(H,43,46)(H,44,47)(H,49,50). The Balaban J connectivity index is 4.21. The van der Waals surface area contributed by atoms with E-state index in [4.69, 9.17) is 14.9 Å². The fraction of sp³-hybridized carbons (Fsp3) is 0.905. The number of ether oxygens (including phenoxy) is 1. The molecule has 0 aromatic carbocycles. The molecule has 0 spiro atoms. The first-order valence-corrected chi connectivity index (χ1v) is 21.4. The van der Waals surface area contributed by atoms with Crippen molar-refractivity contribution in [1.82, 2.24) is 10.6 Å². The van der Waals surface area contributed by atoms with Crippen LogP contribution in [0, 0.1) is 0 Å². The van der Waals surface area contributed by atoms with Crippen LogP contribution in [-0.4, -0.2) is 59.3 Å². The SMILES string of the molecule is CCCCCCCCCCCCCCCCC(=O)OC(CCCCCCCCCCC)CCCCCCCC(=O)NCC(=O)NC(CO)C(=O)O. The number of nitrogens with one attached hydrogen (secondary N) is 2. The van der Waals surface area contributed by atoms with Crippen molar-refractivity contribution in [2.24, 2.45) is 0 Å². The molecule has 0 aliphatic rings. The van der Waals surface area contributed by atoms with Crippen molar-refractivity contribution in [3.8, 4) is 0 Å². The number of unbranched alkanes of at least 4 members (excludes halogenated alkanes) is 25. The normalized spacial score (nSPS) is 12.4. The van der Waals surface area contributed by atoms with Gasteiger partial charge in [-0.05, 0) is 38.5 Å². The first-order chi connectivity index (χ1) is 24.8. The smallest absolute Gasteiger partial charge is 0.328 e. The van der Waals surface area contributed by atoms with Gasteiger partial charge in [-0.2, -0.15) is 0 Å². The number of carbonyl (C=O) groups is 4. The van der Waals surface area contributed by atoms with E-state index in [0.717, 1.165) is 57.8 Å². The minimum Gasteiger partial charge on any atom is -0.480 e. The first-order valence-electron chi connectivity index (χ1n) is 21.4. The second kappa shape index (κ2) is 37.6. The number of esters is 1.